The number of rotatable bonds is 7. The van der Waals surface area contributed by atoms with E-state index in [-0.39, 0.29) is 0 Å². The van der Waals surface area contributed by atoms with Crippen molar-refractivity contribution in [3.63, 3.8) is 0 Å². The third kappa shape index (κ3) is 5.15. The van der Waals surface area contributed by atoms with Crippen molar-refractivity contribution < 1.29 is 4.74 Å². The lowest BCUT2D eigenvalue weighted by Gasteiger charge is -2.22. The van der Waals surface area contributed by atoms with E-state index in [0.717, 1.165) is 25.1 Å². The summed E-state index contributed by atoms with van der Waals surface area (Å²) < 4.78 is 6.52. The van der Waals surface area contributed by atoms with E-state index in [9.17, 15) is 0 Å². The zero-order valence-corrected chi connectivity index (χ0v) is 14.7. The Kier molecular flexibility index (Phi) is 6.78. The van der Waals surface area contributed by atoms with Crippen molar-refractivity contribution in [2.45, 2.75) is 51.5 Å². The van der Waals surface area contributed by atoms with Crippen LogP contribution in [0, 0.1) is 0 Å². The molecule has 0 saturated carbocycles. The van der Waals surface area contributed by atoms with Gasteiger partial charge in [-0.15, -0.1) is 0 Å². The van der Waals surface area contributed by atoms with Crippen LogP contribution < -0.4 is 10.1 Å². The third-order valence-electron chi connectivity index (χ3n) is 4.11. The first-order valence-electron chi connectivity index (χ1n) is 7.96. The molecule has 116 valence electrons. The van der Waals surface area contributed by atoms with Crippen LogP contribution in [0.2, 0.25) is 0 Å². The van der Waals surface area contributed by atoms with E-state index in [1.807, 2.05) is 6.07 Å². The molecule has 1 unspecified atom stereocenters. The molecule has 2 nitrogen and oxygen atoms in total. The number of hydrogen-bond acceptors (Lipinski definition) is 2. The van der Waals surface area contributed by atoms with Gasteiger partial charge in [-0.2, -0.15) is 0 Å². The van der Waals surface area contributed by atoms with Gasteiger partial charge in [0.1, 0.15) is 5.75 Å². The topological polar surface area (TPSA) is 21.3 Å². The van der Waals surface area contributed by atoms with Crippen LogP contribution in [0.15, 0.2) is 34.3 Å². The average Bonchev–Trinajstić information content (AvgIpc) is 2.51. The van der Waals surface area contributed by atoms with Gasteiger partial charge in [-0.1, -0.05) is 34.5 Å². The molecule has 1 aliphatic carbocycles. The fourth-order valence-corrected chi connectivity index (χ4v) is 3.42. The Labute approximate surface area is 137 Å². The summed E-state index contributed by atoms with van der Waals surface area (Å²) in [6.07, 6.45) is 9.90. The molecule has 1 aliphatic rings. The second-order valence-corrected chi connectivity index (χ2v) is 6.58. The first kappa shape index (κ1) is 16.6. The molecule has 0 heterocycles. The molecule has 0 fully saturated rings. The normalized spacial score (nSPS) is 16.4. The number of methoxy groups -OCH3 is 1. The van der Waals surface area contributed by atoms with Crippen LogP contribution in [0.3, 0.4) is 0 Å². The molecule has 0 radical (unpaired) electrons. The number of likely N-dealkylation sites (N-methyl/N-ethyl adjacent to an activating group) is 1. The standard InChI is InChI=1S/C18H26BrNO/c1-3-20-16(11-14-7-5-4-6-8-14)12-15-13-17(21-2)9-10-18(15)19/h7,9-10,13,16,20H,3-6,8,11-12H2,1-2H3. The summed E-state index contributed by atoms with van der Waals surface area (Å²) in [7, 11) is 1.72. The van der Waals surface area contributed by atoms with Gasteiger partial charge in [0.15, 0.2) is 0 Å². The zero-order chi connectivity index (χ0) is 15.1. The first-order valence-corrected chi connectivity index (χ1v) is 8.76. The van der Waals surface area contributed by atoms with Gasteiger partial charge < -0.3 is 10.1 Å². The SMILES string of the molecule is CCNC(CC1=CCCCC1)Cc1cc(OC)ccc1Br. The Balaban J connectivity index is 2.06. The van der Waals surface area contributed by atoms with E-state index >= 15 is 0 Å². The summed E-state index contributed by atoms with van der Waals surface area (Å²) in [5.41, 5.74) is 2.95. The van der Waals surface area contributed by atoms with E-state index in [1.54, 1.807) is 12.7 Å². The second kappa shape index (κ2) is 8.60. The summed E-state index contributed by atoms with van der Waals surface area (Å²) >= 11 is 3.67. The van der Waals surface area contributed by atoms with Crippen molar-refractivity contribution >= 4 is 15.9 Å². The number of allylic oxidation sites excluding steroid dienone is 1. The van der Waals surface area contributed by atoms with Crippen LogP contribution in [-0.2, 0) is 6.42 Å². The van der Waals surface area contributed by atoms with E-state index in [2.05, 4.69) is 46.4 Å². The van der Waals surface area contributed by atoms with Crippen molar-refractivity contribution in [3.8, 4) is 5.75 Å². The molecule has 0 saturated heterocycles. The van der Waals surface area contributed by atoms with Gasteiger partial charge in [0.05, 0.1) is 7.11 Å². The molecule has 0 bridgehead atoms. The number of halogens is 1. The molecule has 0 aromatic heterocycles. The molecule has 2 rings (SSSR count). The van der Waals surface area contributed by atoms with Gasteiger partial charge in [-0.3, -0.25) is 0 Å². The molecule has 0 amide bonds. The van der Waals surface area contributed by atoms with Crippen LogP contribution in [-0.4, -0.2) is 19.7 Å². The minimum absolute atomic E-state index is 0.503. The van der Waals surface area contributed by atoms with Crippen LogP contribution in [0.25, 0.3) is 0 Å². The number of ether oxygens (including phenoxy) is 1. The minimum atomic E-state index is 0.503. The highest BCUT2D eigenvalue weighted by molar-refractivity contribution is 9.10. The lowest BCUT2D eigenvalue weighted by molar-refractivity contribution is 0.413. The maximum atomic E-state index is 5.35. The smallest absolute Gasteiger partial charge is 0.119 e. The molecular formula is C18H26BrNO. The Bertz CT molecular complexity index is 484. The van der Waals surface area contributed by atoms with Crippen molar-refractivity contribution in [2.24, 2.45) is 0 Å². The van der Waals surface area contributed by atoms with Gasteiger partial charge in [-0.25, -0.2) is 0 Å². The predicted octanol–water partition coefficient (Wildman–Crippen LogP) is 4.87. The maximum absolute atomic E-state index is 5.35. The third-order valence-corrected chi connectivity index (χ3v) is 4.88. The maximum Gasteiger partial charge on any atom is 0.119 e. The Hall–Kier alpha value is -0.800. The second-order valence-electron chi connectivity index (χ2n) is 5.73. The zero-order valence-electron chi connectivity index (χ0n) is 13.1. The summed E-state index contributed by atoms with van der Waals surface area (Å²) in [6.45, 7) is 3.20. The van der Waals surface area contributed by atoms with Crippen LogP contribution in [0.4, 0.5) is 0 Å². The van der Waals surface area contributed by atoms with E-state index in [0.29, 0.717) is 6.04 Å². The molecule has 1 N–H and O–H groups in total. The lowest BCUT2D eigenvalue weighted by atomic mass is 9.92. The molecule has 0 aliphatic heterocycles. The summed E-state index contributed by atoms with van der Waals surface area (Å²) in [5, 5.41) is 3.64. The van der Waals surface area contributed by atoms with E-state index < -0.39 is 0 Å². The summed E-state index contributed by atoms with van der Waals surface area (Å²) in [6, 6.07) is 6.72. The van der Waals surface area contributed by atoms with Crippen molar-refractivity contribution in [1.82, 2.24) is 5.32 Å². The number of benzene rings is 1. The quantitative estimate of drug-likeness (QED) is 0.707. The fraction of sp³-hybridized carbons (Fsp3) is 0.556. The highest BCUT2D eigenvalue weighted by atomic mass is 79.9. The van der Waals surface area contributed by atoms with Gasteiger partial charge in [0.25, 0.3) is 0 Å². The monoisotopic (exact) mass is 351 g/mol. The Morgan fingerprint density at radius 3 is 2.81 bits per heavy atom. The Morgan fingerprint density at radius 2 is 2.14 bits per heavy atom. The highest BCUT2D eigenvalue weighted by Crippen LogP contribution is 2.27. The first-order chi connectivity index (χ1) is 10.2. The van der Waals surface area contributed by atoms with Crippen LogP contribution in [0.1, 0.15) is 44.6 Å². The summed E-state index contributed by atoms with van der Waals surface area (Å²) in [4.78, 5) is 0. The van der Waals surface area contributed by atoms with Gasteiger partial charge in [-0.05, 0) is 68.8 Å². The molecule has 1 aromatic carbocycles. The average molecular weight is 352 g/mol. The fourth-order valence-electron chi connectivity index (χ4n) is 3.01. The molecule has 3 heteroatoms. The largest absolute Gasteiger partial charge is 0.497 e. The molecule has 1 aromatic rings. The lowest BCUT2D eigenvalue weighted by Crippen LogP contribution is -2.31. The van der Waals surface area contributed by atoms with Crippen molar-refractivity contribution in [2.75, 3.05) is 13.7 Å². The van der Waals surface area contributed by atoms with E-state index in [4.69, 9.17) is 4.74 Å². The molecule has 0 spiro atoms. The van der Waals surface area contributed by atoms with Crippen LogP contribution in [0.5, 0.6) is 5.75 Å². The molecule has 21 heavy (non-hydrogen) atoms. The van der Waals surface area contributed by atoms with Gasteiger partial charge in [0.2, 0.25) is 0 Å². The van der Waals surface area contributed by atoms with Crippen molar-refractivity contribution in [3.05, 3.63) is 39.9 Å². The predicted molar refractivity (Wildman–Crippen MR) is 93.0 cm³/mol. The number of nitrogens with one attached hydrogen (secondary N) is 1. The minimum Gasteiger partial charge on any atom is -0.497 e. The van der Waals surface area contributed by atoms with Crippen LogP contribution >= 0.6 is 15.9 Å². The van der Waals surface area contributed by atoms with Gasteiger partial charge >= 0.3 is 0 Å². The highest BCUT2D eigenvalue weighted by Gasteiger charge is 2.14. The summed E-state index contributed by atoms with van der Waals surface area (Å²) in [5.74, 6) is 0.931. The Morgan fingerprint density at radius 1 is 1.29 bits per heavy atom. The van der Waals surface area contributed by atoms with E-state index in [1.165, 1.54) is 35.7 Å². The number of hydrogen-bond donors (Lipinski definition) is 1. The molecular weight excluding hydrogens is 326 g/mol. The van der Waals surface area contributed by atoms with Crippen molar-refractivity contribution in [1.29, 1.82) is 0 Å². The van der Waals surface area contributed by atoms with Gasteiger partial charge in [0, 0.05) is 10.5 Å². The molecule has 1 atom stereocenters.